The fourth-order valence-electron chi connectivity index (χ4n) is 2.28. The van der Waals surface area contributed by atoms with Gasteiger partial charge in [-0.25, -0.2) is 0 Å². The molecular weight excluding hydrogens is 288 g/mol. The molecule has 0 saturated carbocycles. The second-order valence-corrected chi connectivity index (χ2v) is 5.03. The molecule has 2 aromatic heterocycles. The number of nitro groups is 1. The van der Waals surface area contributed by atoms with Crippen molar-refractivity contribution in [3.63, 3.8) is 0 Å². The molecule has 22 heavy (non-hydrogen) atoms. The minimum atomic E-state index is -0.588. The number of carbonyl (C=O) groups is 1. The maximum absolute atomic E-state index is 12.6. The highest BCUT2D eigenvalue weighted by atomic mass is 16.6. The zero-order chi connectivity index (χ0) is 16.4. The van der Waals surface area contributed by atoms with E-state index in [2.05, 4.69) is 10.2 Å². The number of nitrogens with zero attached hydrogens (tertiary/aromatic N) is 6. The van der Waals surface area contributed by atoms with Gasteiger partial charge in [0.1, 0.15) is 6.20 Å². The van der Waals surface area contributed by atoms with E-state index >= 15 is 0 Å². The van der Waals surface area contributed by atoms with Crippen molar-refractivity contribution < 1.29 is 9.72 Å². The fraction of sp³-hybridized carbons (Fsp3) is 0.462. The summed E-state index contributed by atoms with van der Waals surface area (Å²) in [6.45, 7) is 4.34. The van der Waals surface area contributed by atoms with Gasteiger partial charge in [-0.1, -0.05) is 0 Å². The van der Waals surface area contributed by atoms with Gasteiger partial charge in [-0.05, 0) is 13.8 Å². The number of amides is 1. The molecule has 0 radical (unpaired) electrons. The summed E-state index contributed by atoms with van der Waals surface area (Å²) in [4.78, 5) is 24.5. The zero-order valence-corrected chi connectivity index (χ0v) is 13.0. The number of hydrogen-bond donors (Lipinski definition) is 0. The lowest BCUT2D eigenvalue weighted by atomic mass is 10.2. The monoisotopic (exact) mass is 306 g/mol. The van der Waals surface area contributed by atoms with Crippen LogP contribution in [-0.4, -0.2) is 42.3 Å². The Morgan fingerprint density at radius 2 is 2.18 bits per heavy atom. The normalized spacial score (nSPS) is 10.7. The number of rotatable bonds is 5. The Balaban J connectivity index is 2.29. The third-order valence-corrected chi connectivity index (χ3v) is 3.39. The maximum Gasteiger partial charge on any atom is 0.320 e. The Morgan fingerprint density at radius 1 is 1.50 bits per heavy atom. The molecule has 2 aromatic rings. The van der Waals surface area contributed by atoms with Crippen LogP contribution < -0.4 is 0 Å². The van der Waals surface area contributed by atoms with Gasteiger partial charge in [0.15, 0.2) is 0 Å². The maximum atomic E-state index is 12.6. The molecule has 0 spiro atoms. The van der Waals surface area contributed by atoms with Crippen LogP contribution in [-0.2, 0) is 20.1 Å². The molecule has 2 rings (SSSR count). The molecule has 1 amide bonds. The van der Waals surface area contributed by atoms with Crippen molar-refractivity contribution in [1.82, 2.24) is 24.5 Å². The lowest BCUT2D eigenvalue weighted by molar-refractivity contribution is -0.385. The predicted molar refractivity (Wildman–Crippen MR) is 78.3 cm³/mol. The quantitative estimate of drug-likeness (QED) is 0.609. The molecule has 0 fully saturated rings. The van der Waals surface area contributed by atoms with Gasteiger partial charge in [-0.15, -0.1) is 0 Å². The third-order valence-electron chi connectivity index (χ3n) is 3.39. The van der Waals surface area contributed by atoms with Gasteiger partial charge < -0.3 is 4.90 Å². The van der Waals surface area contributed by atoms with Gasteiger partial charge in [0, 0.05) is 38.9 Å². The molecule has 0 atom stereocenters. The molecule has 0 N–H and O–H groups in total. The topological polar surface area (TPSA) is 99.1 Å². The molecule has 0 aliphatic heterocycles. The van der Waals surface area contributed by atoms with Crippen molar-refractivity contribution in [2.24, 2.45) is 7.05 Å². The van der Waals surface area contributed by atoms with Crippen LogP contribution >= 0.6 is 0 Å². The summed E-state index contributed by atoms with van der Waals surface area (Å²) >= 11 is 0. The van der Waals surface area contributed by atoms with Crippen molar-refractivity contribution in [2.75, 3.05) is 7.05 Å². The lowest BCUT2D eigenvalue weighted by Gasteiger charge is -2.16. The first-order valence-electron chi connectivity index (χ1n) is 6.79. The minimum absolute atomic E-state index is 0.00320. The van der Waals surface area contributed by atoms with Crippen molar-refractivity contribution in [3.8, 4) is 0 Å². The second-order valence-electron chi connectivity index (χ2n) is 5.03. The average Bonchev–Trinajstić information content (AvgIpc) is 3.01. The summed E-state index contributed by atoms with van der Waals surface area (Å²) in [5.74, 6) is -0.436. The summed E-state index contributed by atoms with van der Waals surface area (Å²) < 4.78 is 3.01. The zero-order valence-electron chi connectivity index (χ0n) is 13.0. The molecule has 0 aliphatic carbocycles. The SMILES string of the molecule is CCn1ncc([N+](=O)[O-])c1C(=O)N(C)Cc1cn(C)nc1C. The van der Waals surface area contributed by atoms with Crippen molar-refractivity contribution in [2.45, 2.75) is 26.9 Å². The number of aryl methyl sites for hydroxylation is 3. The highest BCUT2D eigenvalue weighted by molar-refractivity contribution is 5.96. The largest absolute Gasteiger partial charge is 0.336 e. The van der Waals surface area contributed by atoms with E-state index in [9.17, 15) is 14.9 Å². The fourth-order valence-corrected chi connectivity index (χ4v) is 2.28. The highest BCUT2D eigenvalue weighted by Gasteiger charge is 2.29. The molecule has 0 bridgehead atoms. The molecule has 9 nitrogen and oxygen atoms in total. The number of aromatic nitrogens is 4. The summed E-state index contributed by atoms with van der Waals surface area (Å²) in [6, 6.07) is 0. The van der Waals surface area contributed by atoms with E-state index in [1.165, 1.54) is 9.58 Å². The van der Waals surface area contributed by atoms with E-state index in [-0.39, 0.29) is 11.4 Å². The summed E-state index contributed by atoms with van der Waals surface area (Å²) in [5, 5.41) is 19.2. The van der Waals surface area contributed by atoms with Gasteiger partial charge in [-0.2, -0.15) is 10.2 Å². The van der Waals surface area contributed by atoms with Crippen LogP contribution in [0.4, 0.5) is 5.69 Å². The van der Waals surface area contributed by atoms with Crippen LogP contribution in [0.3, 0.4) is 0 Å². The predicted octanol–water partition coefficient (Wildman–Crippen LogP) is 1.13. The summed E-state index contributed by atoms with van der Waals surface area (Å²) in [6.07, 6.45) is 2.94. The molecule has 0 aliphatic rings. The van der Waals surface area contributed by atoms with E-state index in [1.54, 1.807) is 25.7 Å². The molecular formula is C13H18N6O3. The molecule has 0 saturated heterocycles. The standard InChI is InChI=1S/C13H18N6O3/c1-5-18-12(11(6-14-18)19(21)22)13(20)16(3)7-10-8-17(4)15-9(10)2/h6,8H,5,7H2,1-4H3. The summed E-state index contributed by atoms with van der Waals surface area (Å²) in [5.41, 5.74) is 1.43. The molecule has 0 unspecified atom stereocenters. The Bertz CT molecular complexity index is 717. The number of hydrogen-bond acceptors (Lipinski definition) is 5. The van der Waals surface area contributed by atoms with Gasteiger partial charge in [0.05, 0.1) is 10.6 Å². The van der Waals surface area contributed by atoms with Gasteiger partial charge in [-0.3, -0.25) is 24.3 Å². The van der Waals surface area contributed by atoms with E-state index in [0.29, 0.717) is 13.1 Å². The van der Waals surface area contributed by atoms with Crippen molar-refractivity contribution in [3.05, 3.63) is 39.5 Å². The van der Waals surface area contributed by atoms with E-state index < -0.39 is 10.8 Å². The van der Waals surface area contributed by atoms with E-state index in [4.69, 9.17) is 0 Å². The van der Waals surface area contributed by atoms with Gasteiger partial charge in [0.2, 0.25) is 5.69 Å². The lowest BCUT2D eigenvalue weighted by Crippen LogP contribution is -2.29. The van der Waals surface area contributed by atoms with E-state index in [0.717, 1.165) is 17.5 Å². The van der Waals surface area contributed by atoms with Gasteiger partial charge >= 0.3 is 5.69 Å². The van der Waals surface area contributed by atoms with Crippen LogP contribution in [0, 0.1) is 17.0 Å². The first-order valence-corrected chi connectivity index (χ1v) is 6.79. The van der Waals surface area contributed by atoms with Crippen LogP contribution in [0.1, 0.15) is 28.7 Å². The number of carbonyl (C=O) groups excluding carboxylic acids is 1. The van der Waals surface area contributed by atoms with Crippen molar-refractivity contribution >= 4 is 11.6 Å². The molecule has 118 valence electrons. The van der Waals surface area contributed by atoms with Crippen molar-refractivity contribution in [1.29, 1.82) is 0 Å². The van der Waals surface area contributed by atoms with Crippen LogP contribution in [0.25, 0.3) is 0 Å². The third kappa shape index (κ3) is 2.83. The molecule has 9 heteroatoms. The minimum Gasteiger partial charge on any atom is -0.336 e. The van der Waals surface area contributed by atoms with Crippen LogP contribution in [0.5, 0.6) is 0 Å². The first-order chi connectivity index (χ1) is 10.3. The second kappa shape index (κ2) is 5.96. The van der Waals surface area contributed by atoms with E-state index in [1.807, 2.05) is 13.1 Å². The van der Waals surface area contributed by atoms with Crippen LogP contribution in [0.2, 0.25) is 0 Å². The van der Waals surface area contributed by atoms with Gasteiger partial charge in [0.25, 0.3) is 5.91 Å². The highest BCUT2D eigenvalue weighted by Crippen LogP contribution is 2.20. The smallest absolute Gasteiger partial charge is 0.320 e. The molecule has 2 heterocycles. The summed E-state index contributed by atoms with van der Waals surface area (Å²) in [7, 11) is 3.40. The molecule has 0 aromatic carbocycles. The Hall–Kier alpha value is -2.71. The first kappa shape index (κ1) is 15.7. The Labute approximate surface area is 127 Å². The Kier molecular flexibility index (Phi) is 4.25. The Morgan fingerprint density at radius 3 is 2.68 bits per heavy atom. The average molecular weight is 306 g/mol. The van der Waals surface area contributed by atoms with Crippen LogP contribution in [0.15, 0.2) is 12.4 Å².